The van der Waals surface area contributed by atoms with Gasteiger partial charge in [-0.3, -0.25) is 0 Å². The molecule has 0 spiro atoms. The lowest BCUT2D eigenvalue weighted by Crippen LogP contribution is -2.26. The summed E-state index contributed by atoms with van der Waals surface area (Å²) in [4.78, 5) is 4.46. The smallest absolute Gasteiger partial charge is 0.131 e. The zero-order chi connectivity index (χ0) is 20.7. The van der Waals surface area contributed by atoms with Gasteiger partial charge in [0.25, 0.3) is 0 Å². The van der Waals surface area contributed by atoms with Crippen molar-refractivity contribution in [3.05, 3.63) is 65.5 Å². The predicted octanol–water partition coefficient (Wildman–Crippen LogP) is 5.23. The van der Waals surface area contributed by atoms with Gasteiger partial charge >= 0.3 is 0 Å². The topological polar surface area (TPSA) is 68.2 Å². The maximum atomic E-state index is 5.95. The van der Waals surface area contributed by atoms with E-state index < -0.39 is 0 Å². The Bertz CT molecular complexity index is 879. The largest absolute Gasteiger partial charge is 0.399 e. The first-order chi connectivity index (χ1) is 13.2. The average Bonchev–Trinajstić information content (AvgIpc) is 3.04. The summed E-state index contributed by atoms with van der Waals surface area (Å²) in [5.74, 6) is 1.72. The number of aryl methyl sites for hydroxylation is 3. The monoisotopic (exact) mass is 379 g/mol. The molecule has 1 aromatic heterocycles. The van der Waals surface area contributed by atoms with E-state index in [-0.39, 0.29) is 5.54 Å². The molecule has 0 bridgehead atoms. The molecule has 5 nitrogen and oxygen atoms in total. The first-order valence-corrected chi connectivity index (χ1v) is 9.77. The van der Waals surface area contributed by atoms with Gasteiger partial charge in [0.2, 0.25) is 0 Å². The van der Waals surface area contributed by atoms with Crippen LogP contribution in [0.25, 0.3) is 0 Å². The van der Waals surface area contributed by atoms with Crippen LogP contribution in [0.1, 0.15) is 51.4 Å². The highest BCUT2D eigenvalue weighted by Crippen LogP contribution is 2.23. The second-order valence-corrected chi connectivity index (χ2v) is 7.91. The lowest BCUT2D eigenvalue weighted by atomic mass is 10.0. The number of benzene rings is 1. The highest BCUT2D eigenvalue weighted by Gasteiger charge is 2.20. The maximum Gasteiger partial charge on any atom is 0.131 e. The maximum absolute atomic E-state index is 5.95. The fourth-order valence-electron chi connectivity index (χ4n) is 2.94. The molecule has 2 aromatic rings. The van der Waals surface area contributed by atoms with Crippen molar-refractivity contribution in [1.29, 1.82) is 0 Å². The van der Waals surface area contributed by atoms with E-state index in [1.54, 1.807) is 6.20 Å². The Kier molecular flexibility index (Phi) is 7.21. The molecule has 0 aliphatic heterocycles. The van der Waals surface area contributed by atoms with Crippen LogP contribution in [0.5, 0.6) is 0 Å². The van der Waals surface area contributed by atoms with E-state index >= 15 is 0 Å². The van der Waals surface area contributed by atoms with Gasteiger partial charge in [-0.15, -0.1) is 0 Å². The normalized spacial score (nSPS) is 13.0. The Balaban J connectivity index is 2.29. The number of rotatable bonds is 6. The molecule has 3 N–H and O–H groups in total. The summed E-state index contributed by atoms with van der Waals surface area (Å²) in [5.41, 5.74) is 10.2. The van der Waals surface area contributed by atoms with Crippen LogP contribution in [-0.4, -0.2) is 15.6 Å². The zero-order valence-electron chi connectivity index (χ0n) is 18.0. The lowest BCUT2D eigenvalue weighted by molar-refractivity contribution is 0.359. The van der Waals surface area contributed by atoms with Crippen LogP contribution in [0, 0.1) is 6.92 Å². The third-order valence-corrected chi connectivity index (χ3v) is 4.36. The molecular formula is C23H33N5. The fourth-order valence-corrected chi connectivity index (χ4v) is 2.94. The number of allylic oxidation sites excluding steroid dienone is 2. The van der Waals surface area contributed by atoms with E-state index in [1.165, 1.54) is 11.1 Å². The second-order valence-electron chi connectivity index (χ2n) is 7.91. The molecule has 1 heterocycles. The van der Waals surface area contributed by atoms with Crippen LogP contribution in [0.15, 0.2) is 53.7 Å². The van der Waals surface area contributed by atoms with Crippen molar-refractivity contribution in [2.45, 2.75) is 59.9 Å². The number of anilines is 2. The van der Waals surface area contributed by atoms with Crippen LogP contribution in [0.4, 0.5) is 11.5 Å². The minimum absolute atomic E-state index is 0.144. The first-order valence-electron chi connectivity index (χ1n) is 9.77. The molecule has 0 aliphatic carbocycles. The second kappa shape index (κ2) is 9.40. The lowest BCUT2D eigenvalue weighted by Gasteiger charge is -2.22. The number of aliphatic imine (C=N–C) groups is 1. The molecule has 0 radical (unpaired) electrons. The molecule has 2 rings (SSSR count). The molecule has 0 fully saturated rings. The Labute approximate surface area is 169 Å². The number of nitrogens with one attached hydrogen (secondary N) is 1. The van der Waals surface area contributed by atoms with Gasteiger partial charge in [-0.05, 0) is 83.7 Å². The van der Waals surface area contributed by atoms with Gasteiger partial charge in [0.1, 0.15) is 11.7 Å². The molecule has 0 aliphatic rings. The van der Waals surface area contributed by atoms with Gasteiger partial charge in [-0.25, -0.2) is 9.67 Å². The van der Waals surface area contributed by atoms with Crippen LogP contribution >= 0.6 is 0 Å². The fraction of sp³-hybridized carbons (Fsp3) is 0.391. The summed E-state index contributed by atoms with van der Waals surface area (Å²) in [6.45, 7) is 12.5. The van der Waals surface area contributed by atoms with Gasteiger partial charge < -0.3 is 11.1 Å². The van der Waals surface area contributed by atoms with Crippen molar-refractivity contribution >= 4 is 17.3 Å². The molecule has 1 aromatic carbocycles. The van der Waals surface area contributed by atoms with Gasteiger partial charge in [0, 0.05) is 18.0 Å². The molecule has 0 amide bonds. The van der Waals surface area contributed by atoms with Crippen LogP contribution in [0.2, 0.25) is 0 Å². The molecule has 0 saturated carbocycles. The van der Waals surface area contributed by atoms with Crippen molar-refractivity contribution < 1.29 is 0 Å². The Morgan fingerprint density at radius 3 is 2.57 bits per heavy atom. The number of aromatic nitrogens is 2. The number of hydrogen-bond acceptors (Lipinski definition) is 3. The Morgan fingerprint density at radius 1 is 1.18 bits per heavy atom. The van der Waals surface area contributed by atoms with Crippen molar-refractivity contribution in [1.82, 2.24) is 9.78 Å². The van der Waals surface area contributed by atoms with E-state index in [0.717, 1.165) is 35.9 Å². The first kappa shape index (κ1) is 21.5. The predicted molar refractivity (Wildman–Crippen MR) is 121 cm³/mol. The number of amidine groups is 1. The van der Waals surface area contributed by atoms with E-state index in [2.05, 4.69) is 56.2 Å². The number of nitrogens with zero attached hydrogens (tertiary/aromatic N) is 3. The van der Waals surface area contributed by atoms with Crippen molar-refractivity contribution in [3.8, 4) is 0 Å². The number of hydrogen-bond donors (Lipinski definition) is 2. The van der Waals surface area contributed by atoms with Crippen molar-refractivity contribution in [3.63, 3.8) is 0 Å². The third-order valence-electron chi connectivity index (χ3n) is 4.36. The van der Waals surface area contributed by atoms with E-state index in [0.29, 0.717) is 0 Å². The molecule has 28 heavy (non-hydrogen) atoms. The average molecular weight is 380 g/mol. The molecule has 0 atom stereocenters. The summed E-state index contributed by atoms with van der Waals surface area (Å²) in [5, 5.41) is 8.29. The Morgan fingerprint density at radius 2 is 1.93 bits per heavy atom. The van der Waals surface area contributed by atoms with Crippen LogP contribution in [-0.2, 0) is 18.4 Å². The number of nitrogen functional groups attached to an aromatic ring is 1. The van der Waals surface area contributed by atoms with Crippen LogP contribution in [0.3, 0.4) is 0 Å². The minimum Gasteiger partial charge on any atom is -0.399 e. The van der Waals surface area contributed by atoms with Gasteiger partial charge in [-0.1, -0.05) is 18.2 Å². The zero-order valence-corrected chi connectivity index (χ0v) is 18.0. The van der Waals surface area contributed by atoms with E-state index in [4.69, 9.17) is 10.8 Å². The highest BCUT2D eigenvalue weighted by atomic mass is 15.4. The molecular weight excluding hydrogens is 346 g/mol. The van der Waals surface area contributed by atoms with E-state index in [9.17, 15) is 0 Å². The molecule has 0 saturated heterocycles. The SMILES string of the molecule is CC=CC(=N/C=C\C)Nc1cc(CCc2cc(N)ccc2C)nn1C(C)(C)C. The van der Waals surface area contributed by atoms with Gasteiger partial charge in [0.15, 0.2) is 0 Å². The number of nitrogens with two attached hydrogens (primary N) is 1. The summed E-state index contributed by atoms with van der Waals surface area (Å²) >= 11 is 0. The summed E-state index contributed by atoms with van der Waals surface area (Å²) in [6, 6.07) is 8.19. The molecule has 5 heteroatoms. The van der Waals surface area contributed by atoms with Crippen molar-refractivity contribution in [2.24, 2.45) is 4.99 Å². The van der Waals surface area contributed by atoms with Gasteiger partial charge in [0.05, 0.1) is 11.2 Å². The Hall–Kier alpha value is -2.82. The van der Waals surface area contributed by atoms with Gasteiger partial charge in [-0.2, -0.15) is 5.10 Å². The third kappa shape index (κ3) is 5.84. The van der Waals surface area contributed by atoms with Crippen LogP contribution < -0.4 is 11.1 Å². The minimum atomic E-state index is -0.144. The molecule has 0 unspecified atom stereocenters. The quantitative estimate of drug-likeness (QED) is 0.410. The molecule has 150 valence electrons. The standard InChI is InChI=1S/C23H33N5/c1-7-9-21(25-14-8-2)26-22-16-20(27-28(22)23(4,5)6)13-11-18-15-19(24)12-10-17(18)3/h7-10,12,14-16H,11,13,24H2,1-6H3,(H,25,26)/b9-7?,14-8-. The summed E-state index contributed by atoms with van der Waals surface area (Å²) < 4.78 is 2.03. The summed E-state index contributed by atoms with van der Waals surface area (Å²) in [6.07, 6.45) is 9.38. The van der Waals surface area contributed by atoms with Crippen molar-refractivity contribution in [2.75, 3.05) is 11.1 Å². The summed E-state index contributed by atoms with van der Waals surface area (Å²) in [7, 11) is 0. The highest BCUT2D eigenvalue weighted by molar-refractivity contribution is 6.03. The van der Waals surface area contributed by atoms with E-state index in [1.807, 2.05) is 42.8 Å².